The molecule has 1 aliphatic rings. The third-order valence-electron chi connectivity index (χ3n) is 5.96. The SMILES string of the molecule is CCOC(=O)C(=O)Nc1cc(Cl)c(Oc2ccc(O)c(CN[C@H](C)C3CCCCC3)c2)c(Cl)c1. The number of anilines is 1. The molecule has 0 aliphatic heterocycles. The number of carbonyl (C=O) groups is 2. The van der Waals surface area contributed by atoms with Crippen molar-refractivity contribution in [3.63, 3.8) is 0 Å². The predicted molar refractivity (Wildman–Crippen MR) is 133 cm³/mol. The number of rotatable bonds is 8. The Bertz CT molecular complexity index is 1000. The molecule has 1 atom stereocenters. The molecular formula is C25H30Cl2N2O5. The van der Waals surface area contributed by atoms with E-state index >= 15 is 0 Å². The van der Waals surface area contributed by atoms with E-state index in [-0.39, 0.29) is 33.8 Å². The van der Waals surface area contributed by atoms with E-state index in [4.69, 9.17) is 27.9 Å². The number of hydrogen-bond acceptors (Lipinski definition) is 6. The Balaban J connectivity index is 1.67. The molecular weight excluding hydrogens is 479 g/mol. The summed E-state index contributed by atoms with van der Waals surface area (Å²) in [6, 6.07) is 8.12. The molecule has 1 aliphatic carbocycles. The number of halogens is 2. The molecule has 34 heavy (non-hydrogen) atoms. The lowest BCUT2D eigenvalue weighted by Crippen LogP contribution is -2.34. The Morgan fingerprint density at radius 3 is 2.44 bits per heavy atom. The summed E-state index contributed by atoms with van der Waals surface area (Å²) < 4.78 is 10.6. The largest absolute Gasteiger partial charge is 0.508 e. The van der Waals surface area contributed by atoms with Gasteiger partial charge in [-0.1, -0.05) is 42.5 Å². The zero-order valence-electron chi connectivity index (χ0n) is 19.3. The zero-order chi connectivity index (χ0) is 24.7. The topological polar surface area (TPSA) is 96.9 Å². The summed E-state index contributed by atoms with van der Waals surface area (Å²) >= 11 is 12.7. The summed E-state index contributed by atoms with van der Waals surface area (Å²) in [7, 11) is 0. The Morgan fingerprint density at radius 2 is 1.79 bits per heavy atom. The quantitative estimate of drug-likeness (QED) is 0.296. The number of hydrogen-bond donors (Lipinski definition) is 3. The first-order valence-electron chi connectivity index (χ1n) is 11.5. The van der Waals surface area contributed by atoms with Gasteiger partial charge < -0.3 is 25.2 Å². The highest BCUT2D eigenvalue weighted by Crippen LogP contribution is 2.39. The number of amides is 1. The minimum atomic E-state index is -1.00. The van der Waals surface area contributed by atoms with Gasteiger partial charge in [0.05, 0.1) is 16.7 Å². The number of nitrogens with one attached hydrogen (secondary N) is 2. The van der Waals surface area contributed by atoms with E-state index in [2.05, 4.69) is 22.3 Å². The van der Waals surface area contributed by atoms with Crippen LogP contribution in [0.5, 0.6) is 17.2 Å². The average molecular weight is 509 g/mol. The number of carbonyl (C=O) groups excluding carboxylic acids is 2. The first kappa shape index (κ1) is 26.1. The van der Waals surface area contributed by atoms with Crippen LogP contribution in [0, 0.1) is 5.92 Å². The van der Waals surface area contributed by atoms with Gasteiger partial charge in [-0.3, -0.25) is 4.79 Å². The number of aromatic hydroxyl groups is 1. The lowest BCUT2D eigenvalue weighted by Gasteiger charge is -2.28. The van der Waals surface area contributed by atoms with Crippen molar-refractivity contribution in [1.82, 2.24) is 5.32 Å². The summed E-state index contributed by atoms with van der Waals surface area (Å²) in [5.41, 5.74) is 0.929. The van der Waals surface area contributed by atoms with Crippen LogP contribution in [-0.4, -0.2) is 29.6 Å². The molecule has 0 unspecified atom stereocenters. The van der Waals surface area contributed by atoms with Crippen molar-refractivity contribution in [3.8, 4) is 17.2 Å². The zero-order valence-corrected chi connectivity index (χ0v) is 20.8. The second-order valence-electron chi connectivity index (χ2n) is 8.40. The van der Waals surface area contributed by atoms with Crippen LogP contribution in [0.1, 0.15) is 51.5 Å². The molecule has 0 heterocycles. The fraction of sp³-hybridized carbons (Fsp3) is 0.440. The van der Waals surface area contributed by atoms with Crippen molar-refractivity contribution in [2.45, 2.75) is 58.5 Å². The van der Waals surface area contributed by atoms with Gasteiger partial charge in [-0.2, -0.15) is 0 Å². The van der Waals surface area contributed by atoms with Crippen LogP contribution < -0.4 is 15.4 Å². The van der Waals surface area contributed by atoms with Crippen molar-refractivity contribution in [2.75, 3.05) is 11.9 Å². The maximum absolute atomic E-state index is 11.8. The molecule has 2 aromatic rings. The molecule has 0 saturated heterocycles. The van der Waals surface area contributed by atoms with E-state index in [0.717, 1.165) is 0 Å². The summed E-state index contributed by atoms with van der Waals surface area (Å²) in [6.07, 6.45) is 6.33. The molecule has 1 amide bonds. The van der Waals surface area contributed by atoms with Gasteiger partial charge in [-0.05, 0) is 62.9 Å². The van der Waals surface area contributed by atoms with Gasteiger partial charge >= 0.3 is 11.9 Å². The molecule has 7 nitrogen and oxygen atoms in total. The van der Waals surface area contributed by atoms with Crippen LogP contribution in [0.4, 0.5) is 5.69 Å². The Morgan fingerprint density at radius 1 is 1.12 bits per heavy atom. The third-order valence-corrected chi connectivity index (χ3v) is 6.52. The second kappa shape index (κ2) is 12.3. The van der Waals surface area contributed by atoms with Crippen molar-refractivity contribution in [1.29, 1.82) is 0 Å². The second-order valence-corrected chi connectivity index (χ2v) is 9.22. The molecule has 0 radical (unpaired) electrons. The van der Waals surface area contributed by atoms with E-state index in [1.54, 1.807) is 25.1 Å². The minimum Gasteiger partial charge on any atom is -0.508 e. The van der Waals surface area contributed by atoms with Crippen molar-refractivity contribution in [3.05, 3.63) is 45.9 Å². The fourth-order valence-electron chi connectivity index (χ4n) is 4.06. The highest BCUT2D eigenvalue weighted by molar-refractivity contribution is 6.39. The highest BCUT2D eigenvalue weighted by atomic mass is 35.5. The maximum atomic E-state index is 11.8. The van der Waals surface area contributed by atoms with E-state index in [9.17, 15) is 14.7 Å². The summed E-state index contributed by atoms with van der Waals surface area (Å²) in [5, 5.41) is 16.5. The van der Waals surface area contributed by atoms with Gasteiger partial charge in [-0.15, -0.1) is 0 Å². The smallest absolute Gasteiger partial charge is 0.397 e. The Kier molecular flexibility index (Phi) is 9.45. The Hall–Kier alpha value is -2.48. The van der Waals surface area contributed by atoms with Gasteiger partial charge in [0.25, 0.3) is 0 Å². The summed E-state index contributed by atoms with van der Waals surface area (Å²) in [4.78, 5) is 23.4. The summed E-state index contributed by atoms with van der Waals surface area (Å²) in [5.74, 6) is -0.468. The Labute approximate surface area is 209 Å². The van der Waals surface area contributed by atoms with Gasteiger partial charge in [0, 0.05) is 23.8 Å². The maximum Gasteiger partial charge on any atom is 0.397 e. The number of esters is 1. The monoisotopic (exact) mass is 508 g/mol. The first-order valence-corrected chi connectivity index (χ1v) is 12.2. The van der Waals surface area contributed by atoms with Gasteiger partial charge in [-0.25, -0.2) is 4.79 Å². The normalized spacial score (nSPS) is 14.9. The molecule has 9 heteroatoms. The van der Waals surface area contributed by atoms with Crippen LogP contribution in [0.2, 0.25) is 10.0 Å². The van der Waals surface area contributed by atoms with E-state index in [0.29, 0.717) is 29.8 Å². The summed E-state index contributed by atoms with van der Waals surface area (Å²) in [6.45, 7) is 4.38. The van der Waals surface area contributed by atoms with Crippen molar-refractivity contribution in [2.24, 2.45) is 5.92 Å². The third kappa shape index (κ3) is 7.01. The lowest BCUT2D eigenvalue weighted by atomic mass is 9.84. The van der Waals surface area contributed by atoms with Crippen LogP contribution in [0.3, 0.4) is 0 Å². The van der Waals surface area contributed by atoms with Gasteiger partial charge in [0.1, 0.15) is 11.5 Å². The number of phenolic OH excluding ortho intramolecular Hbond substituents is 1. The van der Waals surface area contributed by atoms with Gasteiger partial charge in [0.15, 0.2) is 5.75 Å². The molecule has 0 spiro atoms. The van der Waals surface area contributed by atoms with E-state index < -0.39 is 11.9 Å². The standard InChI is InChI=1S/C25H30Cl2N2O5/c1-3-33-25(32)24(31)29-18-12-20(26)23(21(27)13-18)34-19-9-10-22(30)17(11-19)14-28-15(2)16-7-5-4-6-8-16/h9-13,15-16,28,30H,3-8,14H2,1-2H3,(H,29,31)/t15-/m1/s1. The van der Waals surface area contributed by atoms with Crippen LogP contribution in [0.15, 0.2) is 30.3 Å². The predicted octanol–water partition coefficient (Wildman–Crippen LogP) is 6.05. The molecule has 184 valence electrons. The highest BCUT2D eigenvalue weighted by Gasteiger charge is 2.21. The van der Waals surface area contributed by atoms with Crippen LogP contribution >= 0.6 is 23.2 Å². The number of ether oxygens (including phenoxy) is 2. The average Bonchev–Trinajstić information content (AvgIpc) is 2.82. The number of phenols is 1. The molecule has 1 fully saturated rings. The lowest BCUT2D eigenvalue weighted by molar-refractivity contribution is -0.152. The minimum absolute atomic E-state index is 0.0875. The van der Waals surface area contributed by atoms with E-state index in [1.807, 2.05) is 0 Å². The fourth-order valence-corrected chi connectivity index (χ4v) is 4.63. The van der Waals surface area contributed by atoms with Crippen LogP contribution in [0.25, 0.3) is 0 Å². The van der Waals surface area contributed by atoms with Gasteiger partial charge in [0.2, 0.25) is 0 Å². The molecule has 1 saturated carbocycles. The van der Waals surface area contributed by atoms with Crippen LogP contribution in [-0.2, 0) is 20.9 Å². The molecule has 2 aromatic carbocycles. The van der Waals surface area contributed by atoms with Crippen molar-refractivity contribution < 1.29 is 24.2 Å². The molecule has 3 N–H and O–H groups in total. The molecule has 3 rings (SSSR count). The molecule has 0 aromatic heterocycles. The van der Waals surface area contributed by atoms with E-state index in [1.165, 1.54) is 44.2 Å². The number of benzene rings is 2. The molecule has 0 bridgehead atoms. The first-order chi connectivity index (χ1) is 16.3. The van der Waals surface area contributed by atoms with Crippen molar-refractivity contribution >= 4 is 40.8 Å².